The number of nitro groups is 1. The van der Waals surface area contributed by atoms with E-state index in [1.165, 1.54) is 26.4 Å². The van der Waals surface area contributed by atoms with Gasteiger partial charge in [-0.3, -0.25) is 19.7 Å². The Morgan fingerprint density at radius 1 is 1.00 bits per heavy atom. The van der Waals surface area contributed by atoms with E-state index in [0.717, 1.165) is 17.7 Å². The van der Waals surface area contributed by atoms with Gasteiger partial charge in [0.1, 0.15) is 5.75 Å². The summed E-state index contributed by atoms with van der Waals surface area (Å²) in [7, 11) is 2.65. The molecule has 1 aromatic rings. The molecule has 8 nitrogen and oxygen atoms in total. The van der Waals surface area contributed by atoms with E-state index in [1.807, 2.05) is 12.2 Å². The van der Waals surface area contributed by atoms with E-state index < -0.39 is 4.92 Å². The number of carbonyl (C=O) groups excluding carboxylic acids is 2. The van der Waals surface area contributed by atoms with Crippen molar-refractivity contribution in [2.75, 3.05) is 19.1 Å². The molecule has 0 spiro atoms. The van der Waals surface area contributed by atoms with Crippen LogP contribution in [0.15, 0.2) is 24.3 Å². The minimum Gasteiger partial charge on any atom is -0.494 e. The fourth-order valence-electron chi connectivity index (χ4n) is 4.49. The SMILES string of the molecule is COc1cc([N+](=O)[O-])c(OC)cc1N1C(=O)C2C3C=CC(CC3)C2C1=O. The van der Waals surface area contributed by atoms with Crippen molar-refractivity contribution in [3.05, 3.63) is 34.4 Å². The molecule has 4 aliphatic rings. The Hall–Kier alpha value is -2.90. The minimum atomic E-state index is -0.595. The zero-order valence-electron chi connectivity index (χ0n) is 14.4. The molecule has 2 bridgehead atoms. The van der Waals surface area contributed by atoms with Crippen molar-refractivity contribution in [3.8, 4) is 11.5 Å². The molecule has 1 aliphatic heterocycles. The van der Waals surface area contributed by atoms with Crippen LogP contribution in [0, 0.1) is 33.8 Å². The molecule has 1 heterocycles. The van der Waals surface area contributed by atoms with Crippen molar-refractivity contribution in [2.45, 2.75) is 12.8 Å². The summed E-state index contributed by atoms with van der Waals surface area (Å²) in [6, 6.07) is 2.52. The van der Waals surface area contributed by atoms with Crippen LogP contribution in [0.1, 0.15) is 12.8 Å². The number of fused-ring (bicyclic) bond motifs is 1. The summed E-state index contributed by atoms with van der Waals surface area (Å²) >= 11 is 0. The van der Waals surface area contributed by atoms with E-state index in [9.17, 15) is 19.7 Å². The molecule has 4 unspecified atom stereocenters. The first kappa shape index (κ1) is 16.6. The van der Waals surface area contributed by atoms with Crippen LogP contribution in [0.3, 0.4) is 0 Å². The van der Waals surface area contributed by atoms with Crippen molar-refractivity contribution in [1.29, 1.82) is 0 Å². The molecule has 5 rings (SSSR count). The summed E-state index contributed by atoms with van der Waals surface area (Å²) in [5.41, 5.74) is -0.0925. The molecule has 26 heavy (non-hydrogen) atoms. The number of methoxy groups -OCH3 is 2. The second-order valence-corrected chi connectivity index (χ2v) is 6.81. The third-order valence-electron chi connectivity index (χ3n) is 5.68. The summed E-state index contributed by atoms with van der Waals surface area (Å²) in [6.45, 7) is 0. The number of nitro benzene ring substituents is 1. The quantitative estimate of drug-likeness (QED) is 0.354. The van der Waals surface area contributed by atoms with E-state index >= 15 is 0 Å². The lowest BCUT2D eigenvalue weighted by Gasteiger charge is -2.38. The molecular weight excluding hydrogens is 340 g/mol. The largest absolute Gasteiger partial charge is 0.494 e. The maximum Gasteiger partial charge on any atom is 0.314 e. The maximum atomic E-state index is 13.1. The summed E-state index contributed by atoms with van der Waals surface area (Å²) < 4.78 is 10.3. The second kappa shape index (κ2) is 5.82. The summed E-state index contributed by atoms with van der Waals surface area (Å²) in [4.78, 5) is 37.9. The third kappa shape index (κ3) is 2.14. The molecule has 0 aromatic heterocycles. The normalized spacial score (nSPS) is 29.1. The van der Waals surface area contributed by atoms with Crippen molar-refractivity contribution in [3.63, 3.8) is 0 Å². The number of carbonyl (C=O) groups is 2. The van der Waals surface area contributed by atoms with E-state index in [4.69, 9.17) is 9.47 Å². The van der Waals surface area contributed by atoms with Gasteiger partial charge in [-0.1, -0.05) is 12.2 Å². The lowest BCUT2D eigenvalue weighted by atomic mass is 9.63. The van der Waals surface area contributed by atoms with Crippen LogP contribution in [0.2, 0.25) is 0 Å². The Balaban J connectivity index is 1.82. The molecule has 136 valence electrons. The first-order valence-electron chi connectivity index (χ1n) is 8.44. The first-order chi connectivity index (χ1) is 12.5. The highest BCUT2D eigenvalue weighted by Crippen LogP contribution is 2.52. The van der Waals surface area contributed by atoms with Gasteiger partial charge in [-0.05, 0) is 24.7 Å². The fourth-order valence-corrected chi connectivity index (χ4v) is 4.49. The number of imide groups is 1. The molecule has 1 aromatic carbocycles. The average molecular weight is 358 g/mol. The van der Waals surface area contributed by atoms with Crippen LogP contribution >= 0.6 is 0 Å². The maximum absolute atomic E-state index is 13.1. The van der Waals surface area contributed by atoms with Crippen molar-refractivity contribution in [2.24, 2.45) is 23.7 Å². The smallest absolute Gasteiger partial charge is 0.314 e. The van der Waals surface area contributed by atoms with Crippen LogP contribution in [-0.4, -0.2) is 31.0 Å². The second-order valence-electron chi connectivity index (χ2n) is 6.81. The fraction of sp³-hybridized carbons (Fsp3) is 0.444. The monoisotopic (exact) mass is 358 g/mol. The van der Waals surface area contributed by atoms with E-state index in [1.54, 1.807) is 0 Å². The molecule has 3 aliphatic carbocycles. The number of anilines is 1. The third-order valence-corrected chi connectivity index (χ3v) is 5.68. The molecule has 1 saturated carbocycles. The Kier molecular flexibility index (Phi) is 3.71. The lowest BCUT2D eigenvalue weighted by molar-refractivity contribution is -0.385. The van der Waals surface area contributed by atoms with Gasteiger partial charge in [-0.25, -0.2) is 4.90 Å². The highest BCUT2D eigenvalue weighted by atomic mass is 16.6. The Labute approximate surface area is 149 Å². The average Bonchev–Trinajstić information content (AvgIpc) is 2.94. The molecule has 0 radical (unpaired) electrons. The van der Waals surface area contributed by atoms with Gasteiger partial charge in [0.05, 0.1) is 42.7 Å². The Morgan fingerprint density at radius 3 is 1.96 bits per heavy atom. The lowest BCUT2D eigenvalue weighted by Crippen LogP contribution is -2.38. The van der Waals surface area contributed by atoms with Crippen molar-refractivity contribution >= 4 is 23.2 Å². The predicted molar refractivity (Wildman–Crippen MR) is 91.0 cm³/mol. The topological polar surface area (TPSA) is 99.0 Å². The van der Waals surface area contributed by atoms with Crippen LogP contribution in [0.4, 0.5) is 11.4 Å². The molecule has 4 atom stereocenters. The summed E-state index contributed by atoms with van der Waals surface area (Å²) in [5.74, 6) is -1.06. The minimum absolute atomic E-state index is 0.0256. The van der Waals surface area contributed by atoms with Gasteiger partial charge in [0.2, 0.25) is 11.8 Å². The van der Waals surface area contributed by atoms with Gasteiger partial charge in [-0.2, -0.15) is 0 Å². The van der Waals surface area contributed by atoms with Crippen molar-refractivity contribution < 1.29 is 24.0 Å². The Bertz CT molecular complexity index is 816. The van der Waals surface area contributed by atoms with Gasteiger partial charge < -0.3 is 9.47 Å². The highest BCUT2D eigenvalue weighted by molar-refractivity contribution is 6.23. The van der Waals surface area contributed by atoms with Gasteiger partial charge in [-0.15, -0.1) is 0 Å². The standard InChI is InChI=1S/C18H18N2O6/c1-25-13-8-12(20(23)24)14(26-2)7-11(13)19-17(21)15-9-3-4-10(6-5-9)16(15)18(19)22/h3-4,7-10,15-16H,5-6H2,1-2H3. The van der Waals surface area contributed by atoms with Gasteiger partial charge in [0.15, 0.2) is 5.75 Å². The molecule has 8 heteroatoms. The number of hydrogen-bond acceptors (Lipinski definition) is 6. The summed E-state index contributed by atoms with van der Waals surface area (Å²) in [6.07, 6.45) is 5.88. The predicted octanol–water partition coefficient (Wildman–Crippen LogP) is 2.31. The summed E-state index contributed by atoms with van der Waals surface area (Å²) in [5, 5.41) is 11.2. The first-order valence-corrected chi connectivity index (χ1v) is 8.44. The number of ether oxygens (including phenoxy) is 2. The molecule has 2 amide bonds. The number of allylic oxidation sites excluding steroid dienone is 2. The van der Waals surface area contributed by atoms with Crippen LogP contribution in [-0.2, 0) is 9.59 Å². The van der Waals surface area contributed by atoms with Crippen LogP contribution < -0.4 is 14.4 Å². The zero-order valence-corrected chi connectivity index (χ0v) is 14.4. The van der Waals surface area contributed by atoms with Gasteiger partial charge >= 0.3 is 5.69 Å². The van der Waals surface area contributed by atoms with E-state index in [0.29, 0.717) is 0 Å². The number of benzene rings is 1. The molecule has 0 N–H and O–H groups in total. The molecule has 1 saturated heterocycles. The number of amides is 2. The Morgan fingerprint density at radius 2 is 1.54 bits per heavy atom. The van der Waals surface area contributed by atoms with Crippen LogP contribution in [0.25, 0.3) is 0 Å². The van der Waals surface area contributed by atoms with Crippen LogP contribution in [0.5, 0.6) is 11.5 Å². The van der Waals surface area contributed by atoms with Crippen molar-refractivity contribution in [1.82, 2.24) is 0 Å². The number of rotatable bonds is 4. The molecular formula is C18H18N2O6. The van der Waals surface area contributed by atoms with E-state index in [-0.39, 0.29) is 58.4 Å². The number of hydrogen-bond donors (Lipinski definition) is 0. The van der Waals surface area contributed by atoms with E-state index in [2.05, 4.69) is 0 Å². The number of nitrogens with zero attached hydrogens (tertiary/aromatic N) is 2. The van der Waals surface area contributed by atoms with Gasteiger partial charge in [0, 0.05) is 6.07 Å². The molecule has 2 fully saturated rings. The zero-order chi connectivity index (χ0) is 18.6. The van der Waals surface area contributed by atoms with Gasteiger partial charge in [0.25, 0.3) is 0 Å². The highest BCUT2D eigenvalue weighted by Gasteiger charge is 2.57.